The molecule has 5 heteroatoms. The summed E-state index contributed by atoms with van der Waals surface area (Å²) in [6.07, 6.45) is -0.487. The first-order chi connectivity index (χ1) is 9.10. The van der Waals surface area contributed by atoms with Crippen LogP contribution in [0.15, 0.2) is 12.1 Å². The molecule has 0 aliphatic rings. The van der Waals surface area contributed by atoms with E-state index in [1.54, 1.807) is 32.9 Å². The van der Waals surface area contributed by atoms with Crippen LogP contribution in [-0.4, -0.2) is 22.8 Å². The zero-order valence-electron chi connectivity index (χ0n) is 12.5. The van der Waals surface area contributed by atoms with Gasteiger partial charge in [-0.05, 0) is 63.4 Å². The minimum Gasteiger partial charge on any atom is -0.478 e. The summed E-state index contributed by atoms with van der Waals surface area (Å²) < 4.78 is 5.16. The molecule has 20 heavy (non-hydrogen) atoms. The Morgan fingerprint density at radius 1 is 1.20 bits per heavy atom. The van der Waals surface area contributed by atoms with Crippen LogP contribution in [0.2, 0.25) is 0 Å². The Hall–Kier alpha value is -2.04. The number of benzene rings is 1. The average Bonchev–Trinajstić information content (AvgIpc) is 2.24. The second-order valence-electron chi connectivity index (χ2n) is 5.75. The van der Waals surface area contributed by atoms with Crippen LogP contribution in [0, 0.1) is 13.8 Å². The number of rotatable bonds is 3. The third-order valence-electron chi connectivity index (χ3n) is 2.75. The van der Waals surface area contributed by atoms with Gasteiger partial charge in [-0.3, -0.25) is 0 Å². The number of carboxylic acid groups (broad SMARTS) is 1. The minimum atomic E-state index is -0.956. The molecular formula is C15H21NO4. The molecular weight excluding hydrogens is 258 g/mol. The Kier molecular flexibility index (Phi) is 4.76. The van der Waals surface area contributed by atoms with Crippen molar-refractivity contribution in [2.75, 3.05) is 0 Å². The summed E-state index contributed by atoms with van der Waals surface area (Å²) >= 11 is 0. The quantitative estimate of drug-likeness (QED) is 0.891. The molecule has 0 fully saturated rings. The van der Waals surface area contributed by atoms with Gasteiger partial charge in [-0.1, -0.05) is 0 Å². The monoisotopic (exact) mass is 279 g/mol. The number of hydrogen-bond acceptors (Lipinski definition) is 3. The molecule has 110 valence electrons. The van der Waals surface area contributed by atoms with Gasteiger partial charge < -0.3 is 15.2 Å². The number of alkyl carbamates (subject to hydrolysis) is 1. The Morgan fingerprint density at radius 2 is 1.70 bits per heavy atom. The molecule has 0 spiro atoms. The highest BCUT2D eigenvalue weighted by molar-refractivity contribution is 5.88. The van der Waals surface area contributed by atoms with Gasteiger partial charge in [0, 0.05) is 6.54 Å². The number of amides is 1. The van der Waals surface area contributed by atoms with Crippen molar-refractivity contribution < 1.29 is 19.4 Å². The van der Waals surface area contributed by atoms with Crippen molar-refractivity contribution in [3.05, 3.63) is 34.4 Å². The van der Waals surface area contributed by atoms with Crippen LogP contribution in [0.3, 0.4) is 0 Å². The van der Waals surface area contributed by atoms with Gasteiger partial charge in [0.2, 0.25) is 0 Å². The number of carbonyl (C=O) groups is 2. The van der Waals surface area contributed by atoms with E-state index in [-0.39, 0.29) is 5.56 Å². The highest BCUT2D eigenvalue weighted by atomic mass is 16.6. The molecule has 1 rings (SSSR count). The normalized spacial score (nSPS) is 11.1. The molecule has 0 heterocycles. The van der Waals surface area contributed by atoms with Gasteiger partial charge in [-0.25, -0.2) is 9.59 Å². The zero-order chi connectivity index (χ0) is 15.5. The third-order valence-corrected chi connectivity index (χ3v) is 2.75. The lowest BCUT2D eigenvalue weighted by Crippen LogP contribution is -2.32. The number of carbonyl (C=O) groups excluding carboxylic acids is 1. The molecule has 1 aromatic rings. The van der Waals surface area contributed by atoms with Crippen LogP contribution in [0.25, 0.3) is 0 Å². The van der Waals surface area contributed by atoms with Crippen molar-refractivity contribution in [1.29, 1.82) is 0 Å². The number of aromatic carboxylic acids is 1. The second kappa shape index (κ2) is 5.94. The maximum absolute atomic E-state index is 11.6. The van der Waals surface area contributed by atoms with Gasteiger partial charge in [0.15, 0.2) is 0 Å². The summed E-state index contributed by atoms with van der Waals surface area (Å²) in [6.45, 7) is 9.35. The first-order valence-corrected chi connectivity index (χ1v) is 6.40. The summed E-state index contributed by atoms with van der Waals surface area (Å²) in [7, 11) is 0. The minimum absolute atomic E-state index is 0.251. The fourth-order valence-electron chi connectivity index (χ4n) is 1.87. The van der Waals surface area contributed by atoms with E-state index in [2.05, 4.69) is 5.32 Å². The van der Waals surface area contributed by atoms with E-state index in [0.29, 0.717) is 6.54 Å². The highest BCUT2D eigenvalue weighted by Gasteiger charge is 2.16. The van der Waals surface area contributed by atoms with E-state index >= 15 is 0 Å². The van der Waals surface area contributed by atoms with E-state index in [9.17, 15) is 9.59 Å². The SMILES string of the molecule is Cc1cc(C(=O)O)cc(C)c1CNC(=O)OC(C)(C)C. The number of aryl methyl sites for hydroxylation is 2. The first-order valence-electron chi connectivity index (χ1n) is 6.40. The van der Waals surface area contributed by atoms with E-state index in [4.69, 9.17) is 9.84 Å². The Balaban J connectivity index is 2.79. The number of nitrogens with one attached hydrogen (secondary N) is 1. The second-order valence-corrected chi connectivity index (χ2v) is 5.75. The Morgan fingerprint density at radius 3 is 2.10 bits per heavy atom. The predicted molar refractivity (Wildman–Crippen MR) is 75.9 cm³/mol. The molecule has 1 aromatic carbocycles. The average molecular weight is 279 g/mol. The Bertz CT molecular complexity index is 506. The van der Waals surface area contributed by atoms with Crippen LogP contribution in [0.5, 0.6) is 0 Å². The molecule has 0 atom stereocenters. The highest BCUT2D eigenvalue weighted by Crippen LogP contribution is 2.17. The summed E-state index contributed by atoms with van der Waals surface area (Å²) in [5, 5.41) is 11.7. The van der Waals surface area contributed by atoms with Crippen molar-refractivity contribution in [2.45, 2.75) is 46.8 Å². The first kappa shape index (κ1) is 16.0. The molecule has 0 aliphatic heterocycles. The third kappa shape index (κ3) is 4.57. The van der Waals surface area contributed by atoms with Crippen molar-refractivity contribution in [3.8, 4) is 0 Å². The smallest absolute Gasteiger partial charge is 0.407 e. The summed E-state index contributed by atoms with van der Waals surface area (Å²) in [4.78, 5) is 22.6. The van der Waals surface area contributed by atoms with Gasteiger partial charge in [-0.2, -0.15) is 0 Å². The maximum atomic E-state index is 11.6. The molecule has 0 saturated heterocycles. The van der Waals surface area contributed by atoms with Gasteiger partial charge in [0.25, 0.3) is 0 Å². The molecule has 0 unspecified atom stereocenters. The lowest BCUT2D eigenvalue weighted by molar-refractivity contribution is 0.0522. The van der Waals surface area contributed by atoms with E-state index in [1.807, 2.05) is 13.8 Å². The molecule has 1 amide bonds. The van der Waals surface area contributed by atoms with Crippen LogP contribution < -0.4 is 5.32 Å². The lowest BCUT2D eigenvalue weighted by atomic mass is 9.99. The largest absolute Gasteiger partial charge is 0.478 e. The number of hydrogen-bond donors (Lipinski definition) is 2. The number of ether oxygens (including phenoxy) is 1. The molecule has 0 radical (unpaired) electrons. The summed E-state index contributed by atoms with van der Waals surface area (Å²) in [5.74, 6) is -0.956. The lowest BCUT2D eigenvalue weighted by Gasteiger charge is -2.20. The predicted octanol–water partition coefficient (Wildman–Crippen LogP) is 3.03. The molecule has 0 saturated carbocycles. The van der Waals surface area contributed by atoms with E-state index in [0.717, 1.165) is 16.7 Å². The fourth-order valence-corrected chi connectivity index (χ4v) is 1.87. The van der Waals surface area contributed by atoms with E-state index in [1.165, 1.54) is 0 Å². The van der Waals surface area contributed by atoms with Gasteiger partial charge >= 0.3 is 12.1 Å². The van der Waals surface area contributed by atoms with Crippen molar-refractivity contribution in [1.82, 2.24) is 5.32 Å². The van der Waals surface area contributed by atoms with Crippen LogP contribution >= 0.6 is 0 Å². The van der Waals surface area contributed by atoms with Crippen molar-refractivity contribution in [3.63, 3.8) is 0 Å². The van der Waals surface area contributed by atoms with Gasteiger partial charge in [-0.15, -0.1) is 0 Å². The van der Waals surface area contributed by atoms with E-state index < -0.39 is 17.7 Å². The summed E-state index contributed by atoms with van der Waals surface area (Å²) in [5.41, 5.74) is 2.28. The van der Waals surface area contributed by atoms with Crippen molar-refractivity contribution in [2.24, 2.45) is 0 Å². The molecule has 2 N–H and O–H groups in total. The zero-order valence-corrected chi connectivity index (χ0v) is 12.5. The molecule has 0 aliphatic carbocycles. The fraction of sp³-hybridized carbons (Fsp3) is 0.467. The molecule has 5 nitrogen and oxygen atoms in total. The van der Waals surface area contributed by atoms with Crippen LogP contribution in [0.1, 0.15) is 47.8 Å². The maximum Gasteiger partial charge on any atom is 0.407 e. The Labute approximate surface area is 118 Å². The topological polar surface area (TPSA) is 75.6 Å². The molecule has 0 aromatic heterocycles. The standard InChI is InChI=1S/C15H21NO4/c1-9-6-11(13(17)18)7-10(2)12(9)8-16-14(19)20-15(3,4)5/h6-7H,8H2,1-5H3,(H,16,19)(H,17,18). The van der Waals surface area contributed by atoms with Crippen molar-refractivity contribution >= 4 is 12.1 Å². The van der Waals surface area contributed by atoms with Crippen LogP contribution in [0.4, 0.5) is 4.79 Å². The van der Waals surface area contributed by atoms with Gasteiger partial charge in [0.1, 0.15) is 5.60 Å². The van der Waals surface area contributed by atoms with Gasteiger partial charge in [0.05, 0.1) is 5.56 Å². The number of carboxylic acids is 1. The molecule has 0 bridgehead atoms. The summed E-state index contributed by atoms with van der Waals surface area (Å²) in [6, 6.07) is 3.20. The van der Waals surface area contributed by atoms with Crippen LogP contribution in [-0.2, 0) is 11.3 Å².